The number of hydrogen-bond donors (Lipinski definition) is 2. The molecule has 4 rings (SSSR count). The van der Waals surface area contributed by atoms with Crippen LogP contribution >= 0.6 is 11.9 Å². The minimum absolute atomic E-state index is 0.124. The molecule has 1 aromatic carbocycles. The lowest BCUT2D eigenvalue weighted by Gasteiger charge is -2.13. The summed E-state index contributed by atoms with van der Waals surface area (Å²) in [6, 6.07) is 6.45. The molecule has 0 saturated heterocycles. The molecule has 2 N–H and O–H groups in total. The van der Waals surface area contributed by atoms with Crippen molar-refractivity contribution < 1.29 is 4.39 Å². The third kappa shape index (κ3) is 2.21. The summed E-state index contributed by atoms with van der Waals surface area (Å²) >= 11 is 1.74. The Balaban J connectivity index is 1.69. The van der Waals surface area contributed by atoms with E-state index in [2.05, 4.69) is 33.2 Å². The lowest BCUT2D eigenvalue weighted by atomic mass is 9.91. The van der Waals surface area contributed by atoms with Gasteiger partial charge in [0, 0.05) is 36.0 Å². The molecule has 22 heavy (non-hydrogen) atoms. The summed E-state index contributed by atoms with van der Waals surface area (Å²) in [5, 5.41) is 3.63. The van der Waals surface area contributed by atoms with Crippen LogP contribution in [0, 0.1) is 0 Å². The van der Waals surface area contributed by atoms with Gasteiger partial charge < -0.3 is 10.0 Å². The summed E-state index contributed by atoms with van der Waals surface area (Å²) in [5.74, 6) is -0.124. The van der Waals surface area contributed by atoms with Crippen molar-refractivity contribution in [3.8, 4) is 0 Å². The number of anilines is 1. The van der Waals surface area contributed by atoms with Gasteiger partial charge in [0.15, 0.2) is 0 Å². The van der Waals surface area contributed by atoms with Gasteiger partial charge in [0.25, 0.3) is 0 Å². The van der Waals surface area contributed by atoms with Crippen LogP contribution in [0.15, 0.2) is 52.9 Å². The van der Waals surface area contributed by atoms with Gasteiger partial charge in [-0.3, -0.25) is 4.99 Å². The number of hydrogen-bond acceptors (Lipinski definition) is 4. The molecule has 3 nitrogen and oxygen atoms in total. The molecule has 1 unspecified atom stereocenters. The van der Waals surface area contributed by atoms with E-state index in [1.807, 2.05) is 19.3 Å². The van der Waals surface area contributed by atoms with Gasteiger partial charge in [-0.1, -0.05) is 6.07 Å². The predicted octanol–water partition coefficient (Wildman–Crippen LogP) is 4.00. The van der Waals surface area contributed by atoms with Gasteiger partial charge in [-0.15, -0.1) is 0 Å². The van der Waals surface area contributed by atoms with Crippen LogP contribution in [0.3, 0.4) is 0 Å². The smallest absolute Gasteiger partial charge is 0.106 e. The highest BCUT2D eigenvalue weighted by molar-refractivity contribution is 8.01. The highest BCUT2D eigenvalue weighted by Crippen LogP contribution is 2.44. The Labute approximate surface area is 133 Å². The third-order valence-corrected chi connectivity index (χ3v) is 5.17. The van der Waals surface area contributed by atoms with E-state index in [9.17, 15) is 4.39 Å². The van der Waals surface area contributed by atoms with Crippen LogP contribution in [0.2, 0.25) is 0 Å². The first-order valence-electron chi connectivity index (χ1n) is 7.31. The number of fused-ring (bicyclic) bond motifs is 2. The van der Waals surface area contributed by atoms with Gasteiger partial charge in [-0.25, -0.2) is 4.39 Å². The molecule has 0 amide bonds. The molecule has 0 radical (unpaired) electrons. The fourth-order valence-electron chi connectivity index (χ4n) is 3.01. The fourth-order valence-corrected chi connectivity index (χ4v) is 4.04. The molecule has 1 aliphatic carbocycles. The van der Waals surface area contributed by atoms with E-state index in [1.54, 1.807) is 18.0 Å². The summed E-state index contributed by atoms with van der Waals surface area (Å²) in [6.45, 7) is 0.922. The molecule has 2 aliphatic heterocycles. The van der Waals surface area contributed by atoms with E-state index in [1.165, 1.54) is 11.3 Å². The summed E-state index contributed by atoms with van der Waals surface area (Å²) in [4.78, 5) is 4.39. The van der Waals surface area contributed by atoms with Crippen LogP contribution in [-0.4, -0.2) is 19.3 Å². The van der Waals surface area contributed by atoms with Crippen molar-refractivity contribution >= 4 is 28.9 Å². The number of rotatable bonds is 3. The molecule has 0 spiro atoms. The number of allylic oxidation sites excluding steroid dienone is 5. The highest BCUT2D eigenvalue weighted by Gasteiger charge is 2.26. The second-order valence-electron chi connectivity index (χ2n) is 5.56. The summed E-state index contributed by atoms with van der Waals surface area (Å²) in [5.41, 5.74) is 6.59. The van der Waals surface area contributed by atoms with E-state index in [-0.39, 0.29) is 5.83 Å². The Bertz CT molecular complexity index is 759. The fraction of sp³-hybridized carbons (Fsp3) is 0.235. The minimum atomic E-state index is -0.124. The standard InChI is InChI=1S/C17H16FN3S/c1-19-9-17-13-6-10(2-5-15(13)21-22-17)14-8-20-16-7-11(18)3-4-12(14)16/h2-6,8,17,19,21H,7,9H2,1H3. The van der Waals surface area contributed by atoms with Crippen molar-refractivity contribution in [2.24, 2.45) is 4.99 Å². The normalized spacial score (nSPS) is 22.2. The molecule has 0 saturated carbocycles. The maximum absolute atomic E-state index is 13.4. The van der Waals surface area contributed by atoms with Crippen molar-refractivity contribution in [3.63, 3.8) is 0 Å². The van der Waals surface area contributed by atoms with Gasteiger partial charge >= 0.3 is 0 Å². The second kappa shape index (κ2) is 5.41. The number of benzene rings is 1. The monoisotopic (exact) mass is 313 g/mol. The highest BCUT2D eigenvalue weighted by atomic mass is 32.2. The van der Waals surface area contributed by atoms with Gasteiger partial charge in [-0.2, -0.15) is 0 Å². The minimum Gasteiger partial charge on any atom is -0.329 e. The number of aliphatic imine (C=N–C) groups is 1. The Morgan fingerprint density at radius 2 is 2.27 bits per heavy atom. The van der Waals surface area contributed by atoms with Gasteiger partial charge in [0.05, 0.1) is 11.0 Å². The summed E-state index contributed by atoms with van der Waals surface area (Å²) < 4.78 is 16.7. The van der Waals surface area contributed by atoms with E-state index >= 15 is 0 Å². The van der Waals surface area contributed by atoms with E-state index in [0.717, 1.165) is 29.0 Å². The van der Waals surface area contributed by atoms with Crippen molar-refractivity contribution in [2.45, 2.75) is 11.7 Å². The lowest BCUT2D eigenvalue weighted by molar-refractivity contribution is 0.623. The van der Waals surface area contributed by atoms with Crippen molar-refractivity contribution in [3.05, 3.63) is 59.1 Å². The van der Waals surface area contributed by atoms with Gasteiger partial charge in [0.2, 0.25) is 0 Å². The molecule has 112 valence electrons. The Morgan fingerprint density at radius 1 is 1.36 bits per heavy atom. The zero-order valence-electron chi connectivity index (χ0n) is 12.2. The van der Waals surface area contributed by atoms with Crippen LogP contribution in [0.1, 0.15) is 22.8 Å². The number of halogens is 1. The van der Waals surface area contributed by atoms with Crippen molar-refractivity contribution in [1.82, 2.24) is 5.32 Å². The first kappa shape index (κ1) is 13.8. The van der Waals surface area contributed by atoms with Crippen LogP contribution < -0.4 is 10.0 Å². The first-order valence-corrected chi connectivity index (χ1v) is 8.19. The Hall–Kier alpha value is -1.85. The number of nitrogens with one attached hydrogen (secondary N) is 2. The van der Waals surface area contributed by atoms with Gasteiger partial charge in [-0.05, 0) is 54.4 Å². The zero-order valence-corrected chi connectivity index (χ0v) is 13.0. The molecule has 0 aromatic heterocycles. The molecule has 0 fully saturated rings. The third-order valence-electron chi connectivity index (χ3n) is 4.13. The molecular weight excluding hydrogens is 297 g/mol. The molecule has 2 heterocycles. The SMILES string of the molecule is CNCC1SNc2ccc(C3=CN=C4CC(F)=CC=C34)cc21. The van der Waals surface area contributed by atoms with E-state index in [4.69, 9.17) is 0 Å². The van der Waals surface area contributed by atoms with Crippen LogP contribution in [0.4, 0.5) is 10.1 Å². The van der Waals surface area contributed by atoms with E-state index < -0.39 is 0 Å². The summed E-state index contributed by atoms with van der Waals surface area (Å²) in [6.07, 6.45) is 5.54. The van der Waals surface area contributed by atoms with Crippen LogP contribution in [0.5, 0.6) is 0 Å². The predicted molar refractivity (Wildman–Crippen MR) is 91.6 cm³/mol. The second-order valence-corrected chi connectivity index (χ2v) is 6.57. The largest absolute Gasteiger partial charge is 0.329 e. The van der Waals surface area contributed by atoms with Crippen molar-refractivity contribution in [2.75, 3.05) is 18.3 Å². The molecule has 5 heteroatoms. The number of nitrogens with zero attached hydrogens (tertiary/aromatic N) is 1. The Morgan fingerprint density at radius 3 is 3.14 bits per heavy atom. The summed E-state index contributed by atoms with van der Waals surface area (Å²) in [7, 11) is 1.97. The topological polar surface area (TPSA) is 36.4 Å². The lowest BCUT2D eigenvalue weighted by Crippen LogP contribution is -2.13. The van der Waals surface area contributed by atoms with Gasteiger partial charge in [0.1, 0.15) is 5.83 Å². The van der Waals surface area contributed by atoms with E-state index in [0.29, 0.717) is 11.7 Å². The molecule has 3 aliphatic rings. The molecule has 0 bridgehead atoms. The zero-order chi connectivity index (χ0) is 15.1. The average Bonchev–Trinajstić information content (AvgIpc) is 3.11. The maximum atomic E-state index is 13.4. The molecule has 1 atom stereocenters. The number of likely N-dealkylation sites (N-methyl/N-ethyl adjacent to an activating group) is 1. The Kier molecular flexibility index (Phi) is 3.39. The first-order chi connectivity index (χ1) is 10.8. The maximum Gasteiger partial charge on any atom is 0.106 e. The molecular formula is C17H16FN3S. The quantitative estimate of drug-likeness (QED) is 0.828. The molecule has 1 aromatic rings. The average molecular weight is 313 g/mol. The van der Waals surface area contributed by atoms with Crippen LogP contribution in [-0.2, 0) is 0 Å². The van der Waals surface area contributed by atoms with Crippen LogP contribution in [0.25, 0.3) is 5.57 Å². The van der Waals surface area contributed by atoms with Crippen molar-refractivity contribution in [1.29, 1.82) is 0 Å².